The first-order chi connectivity index (χ1) is 13.5. The van der Waals surface area contributed by atoms with Gasteiger partial charge in [0.05, 0.1) is 24.3 Å². The van der Waals surface area contributed by atoms with Crippen LogP contribution in [-0.2, 0) is 13.0 Å². The third kappa shape index (κ3) is 4.27. The molecule has 0 atom stereocenters. The van der Waals surface area contributed by atoms with Crippen LogP contribution in [0, 0.1) is 10.1 Å². The Morgan fingerprint density at radius 1 is 1.32 bits per heavy atom. The molecule has 1 N–H and O–H groups in total. The number of hydrogen-bond acceptors (Lipinski definition) is 6. The Bertz CT molecular complexity index is 834. The van der Waals surface area contributed by atoms with Gasteiger partial charge < -0.3 is 14.4 Å². The number of fused-ring (bicyclic) bond motifs is 1. The van der Waals surface area contributed by atoms with Crippen molar-refractivity contribution in [1.29, 1.82) is 0 Å². The summed E-state index contributed by atoms with van der Waals surface area (Å²) in [5.41, 5.74) is 3.47. The van der Waals surface area contributed by atoms with E-state index in [0.29, 0.717) is 17.9 Å². The SMILES string of the molecule is CCCCCCOc1c(OC)cc(-c2n[nH]c3c2CN(C)CC3)cc1[N+](=O)[O-]. The van der Waals surface area contributed by atoms with Crippen LogP contribution in [0.2, 0.25) is 0 Å². The molecule has 8 nitrogen and oxygen atoms in total. The van der Waals surface area contributed by atoms with Crippen LogP contribution in [0.1, 0.15) is 43.9 Å². The first-order valence-electron chi connectivity index (χ1n) is 9.79. The van der Waals surface area contributed by atoms with Gasteiger partial charge in [-0.2, -0.15) is 5.10 Å². The number of nitrogens with one attached hydrogen (secondary N) is 1. The van der Waals surface area contributed by atoms with E-state index in [9.17, 15) is 10.1 Å². The Hall–Kier alpha value is -2.61. The molecule has 0 aliphatic carbocycles. The molecule has 0 unspecified atom stereocenters. The van der Waals surface area contributed by atoms with Crippen LogP contribution in [0.25, 0.3) is 11.3 Å². The minimum Gasteiger partial charge on any atom is -0.493 e. The first-order valence-corrected chi connectivity index (χ1v) is 9.79. The van der Waals surface area contributed by atoms with Crippen LogP contribution in [-0.4, -0.2) is 47.3 Å². The highest BCUT2D eigenvalue weighted by Gasteiger charge is 2.26. The van der Waals surface area contributed by atoms with Crippen LogP contribution < -0.4 is 9.47 Å². The molecule has 0 spiro atoms. The number of ether oxygens (including phenoxy) is 2. The zero-order valence-corrected chi connectivity index (χ0v) is 16.8. The molecule has 2 heterocycles. The maximum absolute atomic E-state index is 11.7. The van der Waals surface area contributed by atoms with Gasteiger partial charge in [-0.25, -0.2) is 0 Å². The van der Waals surface area contributed by atoms with Crippen LogP contribution in [0.5, 0.6) is 11.5 Å². The molecular weight excluding hydrogens is 360 g/mol. The van der Waals surface area contributed by atoms with Gasteiger partial charge in [0.1, 0.15) is 0 Å². The lowest BCUT2D eigenvalue weighted by Crippen LogP contribution is -2.26. The van der Waals surface area contributed by atoms with E-state index in [2.05, 4.69) is 29.1 Å². The minimum atomic E-state index is -0.418. The predicted molar refractivity (Wildman–Crippen MR) is 107 cm³/mol. The number of benzene rings is 1. The Morgan fingerprint density at radius 3 is 2.86 bits per heavy atom. The highest BCUT2D eigenvalue weighted by molar-refractivity contribution is 5.73. The maximum Gasteiger partial charge on any atom is 0.315 e. The number of hydrogen-bond donors (Lipinski definition) is 1. The molecule has 0 fully saturated rings. The van der Waals surface area contributed by atoms with Gasteiger partial charge in [0.15, 0.2) is 5.75 Å². The van der Waals surface area contributed by atoms with Crippen LogP contribution in [0.15, 0.2) is 12.1 Å². The van der Waals surface area contributed by atoms with Gasteiger partial charge in [0, 0.05) is 42.4 Å². The summed E-state index contributed by atoms with van der Waals surface area (Å²) >= 11 is 0. The lowest BCUT2D eigenvalue weighted by atomic mass is 10.0. The Balaban J connectivity index is 1.93. The molecule has 0 saturated heterocycles. The summed E-state index contributed by atoms with van der Waals surface area (Å²) in [4.78, 5) is 13.5. The highest BCUT2D eigenvalue weighted by atomic mass is 16.6. The number of aromatic nitrogens is 2. The first kappa shape index (κ1) is 20.1. The van der Waals surface area contributed by atoms with Crippen molar-refractivity contribution in [3.8, 4) is 22.8 Å². The van der Waals surface area contributed by atoms with Gasteiger partial charge in [0.2, 0.25) is 5.75 Å². The van der Waals surface area contributed by atoms with Crippen LogP contribution in [0.3, 0.4) is 0 Å². The van der Waals surface area contributed by atoms with E-state index in [-0.39, 0.29) is 11.4 Å². The molecule has 0 amide bonds. The molecule has 0 saturated carbocycles. The van der Waals surface area contributed by atoms with E-state index in [1.165, 1.54) is 13.2 Å². The molecule has 1 aromatic carbocycles. The Morgan fingerprint density at radius 2 is 2.14 bits per heavy atom. The number of H-pyrrole nitrogens is 1. The van der Waals surface area contributed by atoms with Crippen molar-refractivity contribution in [2.45, 2.75) is 45.6 Å². The monoisotopic (exact) mass is 388 g/mol. The average Bonchev–Trinajstić information content (AvgIpc) is 3.10. The number of nitro benzene ring substituents is 1. The van der Waals surface area contributed by atoms with Crippen molar-refractivity contribution in [3.05, 3.63) is 33.5 Å². The lowest BCUT2D eigenvalue weighted by Gasteiger charge is -2.22. The topological polar surface area (TPSA) is 93.5 Å². The normalized spacial score (nSPS) is 14.0. The summed E-state index contributed by atoms with van der Waals surface area (Å²) < 4.78 is 11.2. The zero-order valence-electron chi connectivity index (χ0n) is 16.8. The van der Waals surface area contributed by atoms with Crippen LogP contribution in [0.4, 0.5) is 5.69 Å². The van der Waals surface area contributed by atoms with Gasteiger partial charge >= 0.3 is 5.69 Å². The van der Waals surface area contributed by atoms with Gasteiger partial charge in [-0.1, -0.05) is 26.2 Å². The molecule has 1 aliphatic heterocycles. The van der Waals surface area contributed by atoms with Gasteiger partial charge in [-0.05, 0) is 19.5 Å². The zero-order chi connectivity index (χ0) is 20.1. The fourth-order valence-electron chi connectivity index (χ4n) is 3.53. The van der Waals surface area contributed by atoms with E-state index >= 15 is 0 Å². The van der Waals surface area contributed by atoms with Crippen molar-refractivity contribution in [3.63, 3.8) is 0 Å². The smallest absolute Gasteiger partial charge is 0.315 e. The molecule has 152 valence electrons. The summed E-state index contributed by atoms with van der Waals surface area (Å²) in [6.45, 7) is 4.29. The number of nitro groups is 1. The third-order valence-corrected chi connectivity index (χ3v) is 5.09. The number of nitrogens with zero attached hydrogens (tertiary/aromatic N) is 3. The van der Waals surface area contributed by atoms with E-state index in [1.807, 2.05) is 0 Å². The molecule has 8 heteroatoms. The lowest BCUT2D eigenvalue weighted by molar-refractivity contribution is -0.385. The van der Waals surface area contributed by atoms with Crippen molar-refractivity contribution >= 4 is 5.69 Å². The molecule has 1 aromatic heterocycles. The number of unbranched alkanes of at least 4 members (excludes halogenated alkanes) is 3. The van der Waals surface area contributed by atoms with Gasteiger partial charge in [0.25, 0.3) is 0 Å². The van der Waals surface area contributed by atoms with Gasteiger partial charge in [-0.15, -0.1) is 0 Å². The molecular formula is C20H28N4O4. The molecule has 0 bridgehead atoms. The number of aromatic amines is 1. The van der Waals surface area contributed by atoms with Crippen molar-refractivity contribution in [1.82, 2.24) is 15.1 Å². The van der Waals surface area contributed by atoms with Crippen molar-refractivity contribution in [2.24, 2.45) is 0 Å². The minimum absolute atomic E-state index is 0.0919. The van der Waals surface area contributed by atoms with Gasteiger partial charge in [-0.3, -0.25) is 15.2 Å². The predicted octanol–water partition coefficient (Wildman–Crippen LogP) is 3.94. The van der Waals surface area contributed by atoms with E-state index < -0.39 is 4.92 Å². The quantitative estimate of drug-likeness (QED) is 0.397. The molecule has 3 rings (SSSR count). The number of rotatable bonds is 9. The second-order valence-electron chi connectivity index (χ2n) is 7.21. The maximum atomic E-state index is 11.7. The summed E-state index contributed by atoms with van der Waals surface area (Å²) in [5, 5.41) is 19.2. The molecule has 2 aromatic rings. The second kappa shape index (κ2) is 9.05. The highest BCUT2D eigenvalue weighted by Crippen LogP contribution is 2.42. The third-order valence-electron chi connectivity index (χ3n) is 5.09. The second-order valence-corrected chi connectivity index (χ2v) is 7.21. The van der Waals surface area contributed by atoms with E-state index in [1.54, 1.807) is 6.07 Å². The largest absolute Gasteiger partial charge is 0.493 e. The van der Waals surface area contributed by atoms with Crippen LogP contribution >= 0.6 is 0 Å². The number of methoxy groups -OCH3 is 1. The summed E-state index contributed by atoms with van der Waals surface area (Å²) in [6, 6.07) is 3.31. The fraction of sp³-hybridized carbons (Fsp3) is 0.550. The van der Waals surface area contributed by atoms with E-state index in [0.717, 1.165) is 62.1 Å². The molecule has 1 aliphatic rings. The van der Waals surface area contributed by atoms with E-state index in [4.69, 9.17) is 9.47 Å². The Kier molecular flexibility index (Phi) is 6.51. The van der Waals surface area contributed by atoms with Crippen molar-refractivity contribution < 1.29 is 14.4 Å². The standard InChI is InChI=1S/C20H28N4O4/c1-4-5-6-7-10-28-20-17(24(25)26)11-14(12-18(20)27-3)19-15-13-23(2)9-8-16(15)21-22-19/h11-12H,4-10,13H2,1-3H3,(H,21,22). The molecule has 0 radical (unpaired) electrons. The average molecular weight is 388 g/mol. The molecule has 28 heavy (non-hydrogen) atoms. The van der Waals surface area contributed by atoms with Crippen molar-refractivity contribution in [2.75, 3.05) is 27.3 Å². The Labute approximate surface area is 165 Å². The summed E-state index contributed by atoms with van der Waals surface area (Å²) in [6.07, 6.45) is 5.03. The fourth-order valence-corrected chi connectivity index (χ4v) is 3.53. The summed E-state index contributed by atoms with van der Waals surface area (Å²) in [7, 11) is 3.55. The summed E-state index contributed by atoms with van der Waals surface area (Å²) in [5.74, 6) is 0.551. The number of likely N-dealkylation sites (N-methyl/N-ethyl adjacent to an activating group) is 1.